The fourth-order valence-electron chi connectivity index (χ4n) is 2.47. The van der Waals surface area contributed by atoms with E-state index in [4.69, 9.17) is 11.6 Å². The second-order valence-corrected chi connectivity index (χ2v) is 5.20. The lowest BCUT2D eigenvalue weighted by Crippen LogP contribution is -2.53. The van der Waals surface area contributed by atoms with Crippen molar-refractivity contribution in [2.24, 2.45) is 0 Å². The predicted octanol–water partition coefficient (Wildman–Crippen LogP) is 2.10. The lowest BCUT2D eigenvalue weighted by Gasteiger charge is -2.39. The fraction of sp³-hybridized carbons (Fsp3) is 0.500. The number of piperazine rings is 1. The van der Waals surface area contributed by atoms with Crippen LogP contribution in [0.5, 0.6) is 0 Å². The molecule has 1 atom stereocenters. The molecule has 0 radical (unpaired) electrons. The van der Waals surface area contributed by atoms with Gasteiger partial charge in [0.2, 0.25) is 5.91 Å². The van der Waals surface area contributed by atoms with Gasteiger partial charge in [0.25, 0.3) is 0 Å². The Labute approximate surface area is 117 Å². The van der Waals surface area contributed by atoms with E-state index in [1.807, 2.05) is 11.8 Å². The highest BCUT2D eigenvalue weighted by Crippen LogP contribution is 2.14. The molecule has 1 aromatic carbocycles. The van der Waals surface area contributed by atoms with Gasteiger partial charge in [-0.25, -0.2) is 4.39 Å². The number of alkyl halides is 1. The van der Waals surface area contributed by atoms with Crippen molar-refractivity contribution in [1.29, 1.82) is 0 Å². The second kappa shape index (κ2) is 6.35. The summed E-state index contributed by atoms with van der Waals surface area (Å²) >= 11 is 5.59. The highest BCUT2D eigenvalue weighted by atomic mass is 35.5. The van der Waals surface area contributed by atoms with Gasteiger partial charge in [0.15, 0.2) is 0 Å². The van der Waals surface area contributed by atoms with Gasteiger partial charge in [-0.3, -0.25) is 9.69 Å². The molecule has 3 nitrogen and oxygen atoms in total. The van der Waals surface area contributed by atoms with Crippen LogP contribution in [0.2, 0.25) is 0 Å². The minimum atomic E-state index is -0.213. The predicted molar refractivity (Wildman–Crippen MR) is 73.6 cm³/mol. The number of benzene rings is 1. The first-order valence-electron chi connectivity index (χ1n) is 6.42. The Balaban J connectivity index is 1.91. The summed E-state index contributed by atoms with van der Waals surface area (Å²) < 4.78 is 12.8. The van der Waals surface area contributed by atoms with Crippen molar-refractivity contribution in [2.45, 2.75) is 19.5 Å². The molecular formula is C14H18ClFN2O. The first-order chi connectivity index (χ1) is 9.10. The smallest absolute Gasteiger partial charge is 0.237 e. The van der Waals surface area contributed by atoms with Gasteiger partial charge in [0, 0.05) is 32.2 Å². The van der Waals surface area contributed by atoms with E-state index in [1.165, 1.54) is 12.1 Å². The summed E-state index contributed by atoms with van der Waals surface area (Å²) in [5.74, 6) is -0.173. The number of rotatable bonds is 3. The SMILES string of the molecule is CC1CN(Cc2ccc(F)cc2)CCN1C(=O)CCl. The summed E-state index contributed by atoms with van der Waals surface area (Å²) in [6, 6.07) is 6.73. The van der Waals surface area contributed by atoms with Gasteiger partial charge in [-0.15, -0.1) is 11.6 Å². The van der Waals surface area contributed by atoms with E-state index in [0.29, 0.717) is 6.54 Å². The Hall–Kier alpha value is -1.13. The van der Waals surface area contributed by atoms with Crippen LogP contribution in [-0.2, 0) is 11.3 Å². The quantitative estimate of drug-likeness (QED) is 0.794. The maximum atomic E-state index is 12.8. The minimum Gasteiger partial charge on any atom is -0.336 e. The van der Waals surface area contributed by atoms with E-state index in [-0.39, 0.29) is 23.6 Å². The van der Waals surface area contributed by atoms with Crippen LogP contribution in [0.25, 0.3) is 0 Å². The van der Waals surface area contributed by atoms with E-state index in [1.54, 1.807) is 12.1 Å². The first-order valence-corrected chi connectivity index (χ1v) is 6.96. The summed E-state index contributed by atoms with van der Waals surface area (Å²) in [6.07, 6.45) is 0. The highest BCUT2D eigenvalue weighted by Gasteiger charge is 2.26. The number of carbonyl (C=O) groups excluding carboxylic acids is 1. The first kappa shape index (κ1) is 14.3. The van der Waals surface area contributed by atoms with E-state index < -0.39 is 0 Å². The normalized spacial score (nSPS) is 20.6. The molecule has 1 aliphatic heterocycles. The third kappa shape index (κ3) is 3.67. The minimum absolute atomic E-state index is 0.00408. The zero-order valence-electron chi connectivity index (χ0n) is 11.0. The molecule has 1 aromatic rings. The summed E-state index contributed by atoms with van der Waals surface area (Å²) in [4.78, 5) is 15.7. The molecule has 104 valence electrons. The third-order valence-corrected chi connectivity index (χ3v) is 3.69. The van der Waals surface area contributed by atoms with Gasteiger partial charge < -0.3 is 4.90 Å². The largest absolute Gasteiger partial charge is 0.336 e. The molecule has 1 heterocycles. The molecule has 0 bridgehead atoms. The molecule has 2 rings (SSSR count). The van der Waals surface area contributed by atoms with E-state index in [2.05, 4.69) is 4.90 Å². The van der Waals surface area contributed by atoms with Crippen LogP contribution < -0.4 is 0 Å². The fourth-order valence-corrected chi connectivity index (χ4v) is 2.63. The number of carbonyl (C=O) groups is 1. The third-order valence-electron chi connectivity index (χ3n) is 3.47. The van der Waals surface area contributed by atoms with Gasteiger partial charge in [0.1, 0.15) is 11.7 Å². The van der Waals surface area contributed by atoms with Crippen molar-refractivity contribution in [3.8, 4) is 0 Å². The molecule has 0 spiro atoms. The molecule has 0 saturated carbocycles. The van der Waals surface area contributed by atoms with Crippen LogP contribution in [0.3, 0.4) is 0 Å². The van der Waals surface area contributed by atoms with Crippen LogP contribution in [0.1, 0.15) is 12.5 Å². The molecule has 1 unspecified atom stereocenters. The zero-order valence-corrected chi connectivity index (χ0v) is 11.7. The van der Waals surface area contributed by atoms with Gasteiger partial charge in [-0.05, 0) is 24.6 Å². The standard InChI is InChI=1S/C14H18ClFN2O/c1-11-9-17(6-7-18(11)14(19)8-15)10-12-2-4-13(16)5-3-12/h2-5,11H,6-10H2,1H3. The van der Waals surface area contributed by atoms with Crippen molar-refractivity contribution < 1.29 is 9.18 Å². The van der Waals surface area contributed by atoms with Crippen molar-refractivity contribution in [1.82, 2.24) is 9.80 Å². The summed E-state index contributed by atoms with van der Waals surface area (Å²) in [7, 11) is 0. The molecule has 0 N–H and O–H groups in total. The van der Waals surface area contributed by atoms with Gasteiger partial charge in [-0.2, -0.15) is 0 Å². The molecule has 0 aliphatic carbocycles. The highest BCUT2D eigenvalue weighted by molar-refractivity contribution is 6.27. The Morgan fingerprint density at radius 1 is 1.37 bits per heavy atom. The molecule has 19 heavy (non-hydrogen) atoms. The van der Waals surface area contributed by atoms with Crippen molar-refractivity contribution in [3.05, 3.63) is 35.6 Å². The Morgan fingerprint density at radius 3 is 2.63 bits per heavy atom. The number of nitrogens with zero attached hydrogens (tertiary/aromatic N) is 2. The number of halogens is 2. The number of hydrogen-bond donors (Lipinski definition) is 0. The van der Waals surface area contributed by atoms with Crippen LogP contribution in [-0.4, -0.2) is 47.3 Å². The maximum Gasteiger partial charge on any atom is 0.237 e. The Morgan fingerprint density at radius 2 is 2.05 bits per heavy atom. The van der Waals surface area contributed by atoms with Crippen molar-refractivity contribution in [3.63, 3.8) is 0 Å². The van der Waals surface area contributed by atoms with Gasteiger partial charge in [-0.1, -0.05) is 12.1 Å². The van der Waals surface area contributed by atoms with Crippen LogP contribution in [0, 0.1) is 5.82 Å². The lowest BCUT2D eigenvalue weighted by molar-refractivity contribution is -0.132. The Kier molecular flexibility index (Phi) is 4.77. The summed E-state index contributed by atoms with van der Waals surface area (Å²) in [5, 5.41) is 0. The second-order valence-electron chi connectivity index (χ2n) is 4.93. The molecule has 0 aromatic heterocycles. The van der Waals surface area contributed by atoms with Gasteiger partial charge in [0.05, 0.1) is 0 Å². The summed E-state index contributed by atoms with van der Waals surface area (Å²) in [6.45, 7) is 5.16. The average molecular weight is 285 g/mol. The zero-order chi connectivity index (χ0) is 13.8. The topological polar surface area (TPSA) is 23.6 Å². The number of amides is 1. The van der Waals surface area contributed by atoms with Crippen LogP contribution in [0.4, 0.5) is 4.39 Å². The number of hydrogen-bond acceptors (Lipinski definition) is 2. The van der Waals surface area contributed by atoms with Gasteiger partial charge >= 0.3 is 0 Å². The summed E-state index contributed by atoms with van der Waals surface area (Å²) in [5.41, 5.74) is 1.09. The van der Waals surface area contributed by atoms with E-state index in [0.717, 1.165) is 25.2 Å². The molecule has 5 heteroatoms. The molecule has 1 fully saturated rings. The molecule has 1 amide bonds. The maximum absolute atomic E-state index is 12.8. The molecule has 1 aliphatic rings. The average Bonchev–Trinajstić information content (AvgIpc) is 2.41. The monoisotopic (exact) mass is 284 g/mol. The Bertz CT molecular complexity index is 438. The van der Waals surface area contributed by atoms with Crippen molar-refractivity contribution >= 4 is 17.5 Å². The van der Waals surface area contributed by atoms with E-state index in [9.17, 15) is 9.18 Å². The van der Waals surface area contributed by atoms with E-state index >= 15 is 0 Å². The van der Waals surface area contributed by atoms with Crippen LogP contribution >= 0.6 is 11.6 Å². The lowest BCUT2D eigenvalue weighted by atomic mass is 10.1. The molecular weight excluding hydrogens is 267 g/mol. The molecule has 1 saturated heterocycles. The van der Waals surface area contributed by atoms with Crippen LogP contribution in [0.15, 0.2) is 24.3 Å². The van der Waals surface area contributed by atoms with Crippen molar-refractivity contribution in [2.75, 3.05) is 25.5 Å².